The third-order valence-corrected chi connectivity index (χ3v) is 3.28. The Kier molecular flexibility index (Phi) is 5.60. The molecule has 0 aromatic heterocycles. The number of nitriles is 1. The lowest BCUT2D eigenvalue weighted by atomic mass is 10.1. The van der Waals surface area contributed by atoms with E-state index in [9.17, 15) is 0 Å². The Labute approximate surface area is 127 Å². The monoisotopic (exact) mass is 330 g/mol. The molecule has 3 nitrogen and oxygen atoms in total. The van der Waals surface area contributed by atoms with Gasteiger partial charge in [0.05, 0.1) is 11.6 Å². The van der Waals surface area contributed by atoms with Crippen LogP contribution in [-0.4, -0.2) is 13.2 Å². The number of ether oxygens (including phenoxy) is 1. The highest BCUT2D eigenvalue weighted by Gasteiger charge is 1.96. The fraction of sp³-hybridized carbons (Fsp3) is 0.188. The molecule has 0 radical (unpaired) electrons. The number of halogens is 1. The highest BCUT2D eigenvalue weighted by molar-refractivity contribution is 9.10. The van der Waals surface area contributed by atoms with Gasteiger partial charge in [-0.25, -0.2) is 0 Å². The summed E-state index contributed by atoms with van der Waals surface area (Å²) >= 11 is 3.39. The van der Waals surface area contributed by atoms with Gasteiger partial charge in [-0.3, -0.25) is 0 Å². The molecule has 0 spiro atoms. The van der Waals surface area contributed by atoms with E-state index in [1.165, 1.54) is 0 Å². The second kappa shape index (κ2) is 7.68. The van der Waals surface area contributed by atoms with Crippen LogP contribution < -0.4 is 10.1 Å². The Bertz CT molecular complexity index is 590. The molecule has 102 valence electrons. The summed E-state index contributed by atoms with van der Waals surface area (Å²) in [6.07, 6.45) is 0. The van der Waals surface area contributed by atoms with Crippen LogP contribution in [0.15, 0.2) is 53.0 Å². The van der Waals surface area contributed by atoms with Crippen molar-refractivity contribution in [2.24, 2.45) is 0 Å². The van der Waals surface area contributed by atoms with Gasteiger partial charge in [-0.1, -0.05) is 28.1 Å². The minimum absolute atomic E-state index is 0.611. The zero-order valence-corrected chi connectivity index (χ0v) is 12.6. The first-order valence-electron chi connectivity index (χ1n) is 6.36. The Morgan fingerprint density at radius 1 is 1.15 bits per heavy atom. The molecular weight excluding hydrogens is 316 g/mol. The molecule has 0 saturated heterocycles. The van der Waals surface area contributed by atoms with Crippen LogP contribution in [0.5, 0.6) is 5.75 Å². The predicted molar refractivity (Wildman–Crippen MR) is 82.5 cm³/mol. The smallest absolute Gasteiger partial charge is 0.119 e. The summed E-state index contributed by atoms with van der Waals surface area (Å²) < 4.78 is 6.65. The largest absolute Gasteiger partial charge is 0.492 e. The average molecular weight is 331 g/mol. The average Bonchev–Trinajstić information content (AvgIpc) is 2.49. The number of benzene rings is 2. The predicted octanol–water partition coefficient (Wildman–Crippen LogP) is 3.49. The SMILES string of the molecule is N#Cc1cccc(CNCCOc2ccc(Br)cc2)c1. The van der Waals surface area contributed by atoms with Gasteiger partial charge in [0, 0.05) is 17.6 Å². The van der Waals surface area contributed by atoms with E-state index in [1.54, 1.807) is 6.07 Å². The van der Waals surface area contributed by atoms with Gasteiger partial charge in [0.1, 0.15) is 12.4 Å². The van der Waals surface area contributed by atoms with Gasteiger partial charge in [0.25, 0.3) is 0 Å². The van der Waals surface area contributed by atoms with Crippen molar-refractivity contribution < 1.29 is 4.74 Å². The summed E-state index contributed by atoms with van der Waals surface area (Å²) in [5, 5.41) is 12.1. The maximum Gasteiger partial charge on any atom is 0.119 e. The van der Waals surface area contributed by atoms with Crippen molar-refractivity contribution >= 4 is 15.9 Å². The van der Waals surface area contributed by atoms with E-state index in [4.69, 9.17) is 10.00 Å². The molecule has 2 aromatic carbocycles. The zero-order valence-electron chi connectivity index (χ0n) is 11.0. The molecule has 1 N–H and O–H groups in total. The summed E-state index contributed by atoms with van der Waals surface area (Å²) in [4.78, 5) is 0. The van der Waals surface area contributed by atoms with E-state index in [-0.39, 0.29) is 0 Å². The van der Waals surface area contributed by atoms with Crippen LogP contribution in [0.25, 0.3) is 0 Å². The fourth-order valence-corrected chi connectivity index (χ4v) is 2.02. The second-order valence-electron chi connectivity index (χ2n) is 4.29. The Balaban J connectivity index is 1.69. The fourth-order valence-electron chi connectivity index (χ4n) is 1.76. The van der Waals surface area contributed by atoms with Crippen molar-refractivity contribution in [3.8, 4) is 11.8 Å². The molecule has 2 rings (SSSR count). The molecule has 2 aromatic rings. The summed E-state index contributed by atoms with van der Waals surface area (Å²) in [5.41, 5.74) is 1.79. The number of hydrogen-bond acceptors (Lipinski definition) is 3. The van der Waals surface area contributed by atoms with Crippen LogP contribution in [0.2, 0.25) is 0 Å². The molecule has 0 aliphatic heterocycles. The van der Waals surface area contributed by atoms with Crippen molar-refractivity contribution in [1.29, 1.82) is 5.26 Å². The van der Waals surface area contributed by atoms with E-state index in [1.807, 2.05) is 42.5 Å². The lowest BCUT2D eigenvalue weighted by Gasteiger charge is -2.08. The first-order chi connectivity index (χ1) is 9.78. The van der Waals surface area contributed by atoms with Crippen molar-refractivity contribution in [1.82, 2.24) is 5.32 Å². The molecule has 0 unspecified atom stereocenters. The number of rotatable bonds is 6. The van der Waals surface area contributed by atoms with Crippen LogP contribution in [0, 0.1) is 11.3 Å². The van der Waals surface area contributed by atoms with Crippen LogP contribution in [0.1, 0.15) is 11.1 Å². The van der Waals surface area contributed by atoms with Gasteiger partial charge in [-0.2, -0.15) is 5.26 Å². The van der Waals surface area contributed by atoms with Crippen LogP contribution in [0.3, 0.4) is 0 Å². The number of hydrogen-bond donors (Lipinski definition) is 1. The minimum Gasteiger partial charge on any atom is -0.492 e. The highest BCUT2D eigenvalue weighted by atomic mass is 79.9. The van der Waals surface area contributed by atoms with E-state index in [0.717, 1.165) is 28.9 Å². The van der Waals surface area contributed by atoms with Crippen LogP contribution in [0.4, 0.5) is 0 Å². The molecule has 20 heavy (non-hydrogen) atoms. The molecular formula is C16H15BrN2O. The molecule has 0 bridgehead atoms. The topological polar surface area (TPSA) is 45.0 Å². The summed E-state index contributed by atoms with van der Waals surface area (Å²) in [7, 11) is 0. The molecule has 0 aliphatic carbocycles. The molecule has 0 amide bonds. The molecule has 0 saturated carbocycles. The van der Waals surface area contributed by atoms with E-state index in [2.05, 4.69) is 27.3 Å². The third kappa shape index (κ3) is 4.69. The Morgan fingerprint density at radius 3 is 2.70 bits per heavy atom. The molecule has 0 heterocycles. The maximum atomic E-state index is 8.82. The zero-order chi connectivity index (χ0) is 14.2. The Morgan fingerprint density at radius 2 is 1.95 bits per heavy atom. The first-order valence-corrected chi connectivity index (χ1v) is 7.15. The van der Waals surface area contributed by atoms with E-state index >= 15 is 0 Å². The van der Waals surface area contributed by atoms with Gasteiger partial charge in [0.15, 0.2) is 0 Å². The van der Waals surface area contributed by atoms with E-state index < -0.39 is 0 Å². The molecule has 0 atom stereocenters. The van der Waals surface area contributed by atoms with Gasteiger partial charge >= 0.3 is 0 Å². The maximum absolute atomic E-state index is 8.82. The summed E-state index contributed by atoms with van der Waals surface area (Å²) in [6, 6.07) is 17.5. The Hall–Kier alpha value is -1.83. The summed E-state index contributed by atoms with van der Waals surface area (Å²) in [5.74, 6) is 0.862. The molecule has 4 heteroatoms. The van der Waals surface area contributed by atoms with Crippen LogP contribution >= 0.6 is 15.9 Å². The van der Waals surface area contributed by atoms with Gasteiger partial charge in [-0.15, -0.1) is 0 Å². The van der Waals surface area contributed by atoms with Gasteiger partial charge < -0.3 is 10.1 Å². The van der Waals surface area contributed by atoms with Crippen molar-refractivity contribution in [2.45, 2.75) is 6.54 Å². The number of nitrogens with one attached hydrogen (secondary N) is 1. The normalized spacial score (nSPS) is 10.0. The first kappa shape index (κ1) is 14.6. The van der Waals surface area contributed by atoms with Crippen LogP contribution in [-0.2, 0) is 6.54 Å². The molecule has 0 aliphatic rings. The van der Waals surface area contributed by atoms with E-state index in [0.29, 0.717) is 12.2 Å². The quantitative estimate of drug-likeness (QED) is 0.824. The van der Waals surface area contributed by atoms with Crippen molar-refractivity contribution in [3.63, 3.8) is 0 Å². The van der Waals surface area contributed by atoms with Gasteiger partial charge in [-0.05, 0) is 42.0 Å². The lowest BCUT2D eigenvalue weighted by molar-refractivity contribution is 0.313. The number of nitrogens with zero attached hydrogens (tertiary/aromatic N) is 1. The molecule has 0 fully saturated rings. The minimum atomic E-state index is 0.611. The summed E-state index contributed by atoms with van der Waals surface area (Å²) in [6.45, 7) is 2.10. The third-order valence-electron chi connectivity index (χ3n) is 2.75. The lowest BCUT2D eigenvalue weighted by Crippen LogP contribution is -2.20. The highest BCUT2D eigenvalue weighted by Crippen LogP contribution is 2.15. The standard InChI is InChI=1S/C16H15BrN2O/c17-15-4-6-16(7-5-15)20-9-8-19-12-14-3-1-2-13(10-14)11-18/h1-7,10,19H,8-9,12H2. The van der Waals surface area contributed by atoms with Crippen molar-refractivity contribution in [2.75, 3.05) is 13.2 Å². The second-order valence-corrected chi connectivity index (χ2v) is 5.21. The van der Waals surface area contributed by atoms with Crippen molar-refractivity contribution in [3.05, 3.63) is 64.1 Å². The van der Waals surface area contributed by atoms with Gasteiger partial charge in [0.2, 0.25) is 0 Å².